The summed E-state index contributed by atoms with van der Waals surface area (Å²) in [5, 5.41) is 2.99. The highest BCUT2D eigenvalue weighted by Gasteiger charge is 2.19. The maximum Gasteiger partial charge on any atom is 0.239 e. The van der Waals surface area contributed by atoms with Crippen molar-refractivity contribution in [1.29, 1.82) is 0 Å². The summed E-state index contributed by atoms with van der Waals surface area (Å²) in [5.41, 5.74) is 9.63. The highest BCUT2D eigenvalue weighted by molar-refractivity contribution is 5.81. The number of unbranched alkanes of at least 4 members (excludes halogenated alkanes) is 1. The van der Waals surface area contributed by atoms with Crippen molar-refractivity contribution in [1.82, 2.24) is 5.32 Å². The van der Waals surface area contributed by atoms with Gasteiger partial charge in [0.15, 0.2) is 0 Å². The lowest BCUT2D eigenvalue weighted by molar-refractivity contribution is -0.119. The molecule has 0 saturated heterocycles. The SMILES string of the molecule is CCCCNC(=O)CN1CCCc2cc(C(C)N)ccc21. The van der Waals surface area contributed by atoms with Gasteiger partial charge in [-0.25, -0.2) is 0 Å². The minimum absolute atomic E-state index is 0.0584. The number of anilines is 1. The summed E-state index contributed by atoms with van der Waals surface area (Å²) in [7, 11) is 0. The van der Waals surface area contributed by atoms with Gasteiger partial charge < -0.3 is 16.0 Å². The zero-order valence-corrected chi connectivity index (χ0v) is 13.2. The Balaban J connectivity index is 2.02. The predicted molar refractivity (Wildman–Crippen MR) is 87.5 cm³/mol. The second kappa shape index (κ2) is 7.46. The number of rotatable bonds is 6. The smallest absolute Gasteiger partial charge is 0.239 e. The first-order valence-corrected chi connectivity index (χ1v) is 8.02. The van der Waals surface area contributed by atoms with Gasteiger partial charge in [0.1, 0.15) is 0 Å². The van der Waals surface area contributed by atoms with Gasteiger partial charge in [-0.3, -0.25) is 4.79 Å². The lowest BCUT2D eigenvalue weighted by Crippen LogP contribution is -2.40. The highest BCUT2D eigenvalue weighted by atomic mass is 16.2. The summed E-state index contributed by atoms with van der Waals surface area (Å²) in [6, 6.07) is 6.45. The van der Waals surface area contributed by atoms with E-state index in [9.17, 15) is 4.79 Å². The molecule has 0 radical (unpaired) electrons. The van der Waals surface area contributed by atoms with Gasteiger partial charge in [-0.05, 0) is 43.4 Å². The number of carbonyl (C=O) groups excluding carboxylic acids is 1. The number of nitrogens with one attached hydrogen (secondary N) is 1. The Kier molecular flexibility index (Phi) is 5.62. The predicted octanol–water partition coefficient (Wildman–Crippen LogP) is 2.38. The van der Waals surface area contributed by atoms with Crippen molar-refractivity contribution in [3.05, 3.63) is 29.3 Å². The molecule has 1 amide bonds. The molecule has 0 aromatic heterocycles. The second-order valence-electron chi connectivity index (χ2n) is 5.91. The van der Waals surface area contributed by atoms with E-state index >= 15 is 0 Å². The van der Waals surface area contributed by atoms with Gasteiger partial charge in [-0.2, -0.15) is 0 Å². The molecule has 21 heavy (non-hydrogen) atoms. The first-order chi connectivity index (χ1) is 10.1. The highest BCUT2D eigenvalue weighted by Crippen LogP contribution is 2.29. The van der Waals surface area contributed by atoms with Crippen LogP contribution in [-0.2, 0) is 11.2 Å². The van der Waals surface area contributed by atoms with Crippen LogP contribution in [0.15, 0.2) is 18.2 Å². The average Bonchev–Trinajstić information content (AvgIpc) is 2.47. The minimum atomic E-state index is 0.0584. The van der Waals surface area contributed by atoms with E-state index < -0.39 is 0 Å². The number of amides is 1. The Morgan fingerprint density at radius 2 is 2.29 bits per heavy atom. The monoisotopic (exact) mass is 289 g/mol. The topological polar surface area (TPSA) is 58.4 Å². The molecule has 1 atom stereocenters. The summed E-state index contributed by atoms with van der Waals surface area (Å²) >= 11 is 0. The van der Waals surface area contributed by atoms with Crippen LogP contribution < -0.4 is 16.0 Å². The molecule has 1 aliphatic heterocycles. The van der Waals surface area contributed by atoms with Gasteiger partial charge in [-0.15, -0.1) is 0 Å². The molecule has 1 unspecified atom stereocenters. The molecule has 0 bridgehead atoms. The Bertz CT molecular complexity index is 485. The minimum Gasteiger partial charge on any atom is -0.362 e. The molecule has 1 aromatic carbocycles. The van der Waals surface area contributed by atoms with Gasteiger partial charge in [0, 0.05) is 24.8 Å². The number of nitrogens with zero attached hydrogens (tertiary/aromatic N) is 1. The van der Waals surface area contributed by atoms with Crippen molar-refractivity contribution in [2.75, 3.05) is 24.5 Å². The Labute approximate surface area is 127 Å². The summed E-state index contributed by atoms with van der Waals surface area (Å²) < 4.78 is 0. The van der Waals surface area contributed by atoms with E-state index in [1.165, 1.54) is 16.8 Å². The normalized spacial score (nSPS) is 15.5. The molecular weight excluding hydrogens is 262 g/mol. The fourth-order valence-corrected chi connectivity index (χ4v) is 2.78. The molecule has 0 fully saturated rings. The molecule has 0 spiro atoms. The van der Waals surface area contributed by atoms with Crippen LogP contribution in [0.3, 0.4) is 0 Å². The van der Waals surface area contributed by atoms with E-state index in [1.54, 1.807) is 0 Å². The van der Waals surface area contributed by atoms with Gasteiger partial charge in [0.25, 0.3) is 0 Å². The van der Waals surface area contributed by atoms with Gasteiger partial charge in [0.2, 0.25) is 5.91 Å². The van der Waals surface area contributed by atoms with Crippen LogP contribution in [0.5, 0.6) is 0 Å². The van der Waals surface area contributed by atoms with E-state index in [0.717, 1.165) is 38.8 Å². The van der Waals surface area contributed by atoms with Crippen molar-refractivity contribution in [3.63, 3.8) is 0 Å². The fourth-order valence-electron chi connectivity index (χ4n) is 2.78. The van der Waals surface area contributed by atoms with Crippen molar-refractivity contribution in [2.45, 2.75) is 45.6 Å². The lowest BCUT2D eigenvalue weighted by Gasteiger charge is -2.31. The summed E-state index contributed by atoms with van der Waals surface area (Å²) in [6.45, 7) is 6.31. The number of benzene rings is 1. The van der Waals surface area contributed by atoms with Crippen LogP contribution in [-0.4, -0.2) is 25.5 Å². The van der Waals surface area contributed by atoms with Crippen LogP contribution in [0.2, 0.25) is 0 Å². The number of hydrogen-bond acceptors (Lipinski definition) is 3. The molecule has 4 heteroatoms. The number of aryl methyl sites for hydroxylation is 1. The quantitative estimate of drug-likeness (QED) is 0.791. The first-order valence-electron chi connectivity index (χ1n) is 8.02. The molecule has 0 saturated carbocycles. The van der Waals surface area contributed by atoms with E-state index in [2.05, 4.69) is 35.3 Å². The Morgan fingerprint density at radius 3 is 3.00 bits per heavy atom. The maximum atomic E-state index is 12.0. The molecule has 1 aromatic rings. The van der Waals surface area contributed by atoms with Crippen molar-refractivity contribution < 1.29 is 4.79 Å². The standard InChI is InChI=1S/C17H27N3O/c1-3-4-9-19-17(21)12-20-10-5-6-15-11-14(13(2)18)7-8-16(15)20/h7-8,11,13H,3-6,9-10,12,18H2,1-2H3,(H,19,21). The lowest BCUT2D eigenvalue weighted by atomic mass is 9.97. The van der Waals surface area contributed by atoms with Crippen molar-refractivity contribution >= 4 is 11.6 Å². The van der Waals surface area contributed by atoms with Gasteiger partial charge >= 0.3 is 0 Å². The fraction of sp³-hybridized carbons (Fsp3) is 0.588. The third-order valence-corrected chi connectivity index (χ3v) is 4.03. The summed E-state index contributed by atoms with van der Waals surface area (Å²) in [6.07, 6.45) is 4.31. The number of fused-ring (bicyclic) bond motifs is 1. The van der Waals surface area contributed by atoms with E-state index in [0.29, 0.717) is 6.54 Å². The van der Waals surface area contributed by atoms with Crippen LogP contribution in [0.4, 0.5) is 5.69 Å². The van der Waals surface area contributed by atoms with Gasteiger partial charge in [-0.1, -0.05) is 25.5 Å². The van der Waals surface area contributed by atoms with E-state index in [1.807, 2.05) is 6.92 Å². The van der Waals surface area contributed by atoms with Crippen LogP contribution in [0.25, 0.3) is 0 Å². The van der Waals surface area contributed by atoms with Crippen LogP contribution >= 0.6 is 0 Å². The maximum absolute atomic E-state index is 12.0. The van der Waals surface area contributed by atoms with E-state index in [-0.39, 0.29) is 11.9 Å². The largest absolute Gasteiger partial charge is 0.362 e. The third kappa shape index (κ3) is 4.21. The molecular formula is C17H27N3O. The van der Waals surface area contributed by atoms with Crippen molar-refractivity contribution in [2.24, 2.45) is 5.73 Å². The molecule has 1 aliphatic rings. The third-order valence-electron chi connectivity index (χ3n) is 4.03. The molecule has 4 nitrogen and oxygen atoms in total. The molecule has 116 valence electrons. The van der Waals surface area contributed by atoms with Crippen molar-refractivity contribution in [3.8, 4) is 0 Å². The second-order valence-corrected chi connectivity index (χ2v) is 5.91. The average molecular weight is 289 g/mol. The number of nitrogens with two attached hydrogens (primary N) is 1. The van der Waals surface area contributed by atoms with Gasteiger partial charge in [0.05, 0.1) is 6.54 Å². The molecule has 2 rings (SSSR count). The zero-order valence-electron chi connectivity index (χ0n) is 13.2. The summed E-state index contributed by atoms with van der Waals surface area (Å²) in [5.74, 6) is 0.118. The summed E-state index contributed by atoms with van der Waals surface area (Å²) in [4.78, 5) is 14.2. The molecule has 1 heterocycles. The number of hydrogen-bond donors (Lipinski definition) is 2. The van der Waals surface area contributed by atoms with E-state index in [4.69, 9.17) is 5.73 Å². The van der Waals surface area contributed by atoms with Crippen LogP contribution in [0.1, 0.15) is 50.3 Å². The first kappa shape index (κ1) is 15.8. The zero-order chi connectivity index (χ0) is 15.2. The Morgan fingerprint density at radius 1 is 1.48 bits per heavy atom. The number of carbonyl (C=O) groups is 1. The van der Waals surface area contributed by atoms with Crippen LogP contribution in [0, 0.1) is 0 Å². The Hall–Kier alpha value is -1.55. The molecule has 0 aliphatic carbocycles. The molecule has 3 N–H and O–H groups in total.